The number of sulfone groups is 1. The van der Waals surface area contributed by atoms with E-state index in [4.69, 9.17) is 0 Å². The number of fused-ring (bicyclic) bond motifs is 1. The Bertz CT molecular complexity index is 843. The predicted octanol–water partition coefficient (Wildman–Crippen LogP) is 0.585. The first-order valence-corrected chi connectivity index (χ1v) is 8.73. The quantitative estimate of drug-likeness (QED) is 0.841. The number of rotatable bonds is 2. The molecule has 2 aromatic rings. The van der Waals surface area contributed by atoms with E-state index in [1.165, 1.54) is 0 Å². The summed E-state index contributed by atoms with van der Waals surface area (Å²) in [7, 11) is -1.20. The van der Waals surface area contributed by atoms with Crippen LogP contribution < -0.4 is 10.6 Å². The molecule has 3 rings (SSSR count). The molecule has 9 heteroatoms. The molecule has 1 saturated heterocycles. The second kappa shape index (κ2) is 5.24. The van der Waals surface area contributed by atoms with Crippen molar-refractivity contribution in [2.75, 3.05) is 16.8 Å². The molecule has 1 atom stereocenters. The predicted molar refractivity (Wildman–Crippen MR) is 82.5 cm³/mol. The largest absolute Gasteiger partial charge is 0.334 e. The number of pyridine rings is 1. The van der Waals surface area contributed by atoms with Crippen molar-refractivity contribution < 1.29 is 13.2 Å². The van der Waals surface area contributed by atoms with Crippen molar-refractivity contribution in [2.45, 2.75) is 19.4 Å². The fraction of sp³-hybridized carbons (Fsp3) is 0.462. The molecule has 2 aromatic heterocycles. The van der Waals surface area contributed by atoms with Crippen molar-refractivity contribution in [3.8, 4) is 0 Å². The van der Waals surface area contributed by atoms with Crippen molar-refractivity contribution >= 4 is 32.6 Å². The second-order valence-electron chi connectivity index (χ2n) is 5.50. The minimum Gasteiger partial charge on any atom is -0.334 e. The van der Waals surface area contributed by atoms with Gasteiger partial charge in [0.05, 0.1) is 29.1 Å². The summed E-state index contributed by atoms with van der Waals surface area (Å²) in [6, 6.07) is 1.04. The first-order chi connectivity index (χ1) is 10.3. The van der Waals surface area contributed by atoms with Crippen LogP contribution in [-0.4, -0.2) is 46.8 Å². The first kappa shape index (κ1) is 14.8. The van der Waals surface area contributed by atoms with Crippen LogP contribution in [0.1, 0.15) is 12.1 Å². The number of urea groups is 1. The summed E-state index contributed by atoms with van der Waals surface area (Å²) in [6.45, 7) is 1.87. The van der Waals surface area contributed by atoms with Gasteiger partial charge in [-0.15, -0.1) is 0 Å². The Morgan fingerprint density at radius 3 is 2.91 bits per heavy atom. The SMILES string of the molecule is Cc1nn(C)c2ncc(NC(=O)N[C@@H]3CCS(=O)(=O)C3)cc12. The molecule has 0 saturated carbocycles. The number of hydrogen-bond donors (Lipinski definition) is 2. The van der Waals surface area contributed by atoms with Crippen LogP contribution in [0, 0.1) is 6.92 Å². The highest BCUT2D eigenvalue weighted by molar-refractivity contribution is 7.91. The number of anilines is 1. The molecule has 22 heavy (non-hydrogen) atoms. The van der Waals surface area contributed by atoms with E-state index < -0.39 is 15.9 Å². The standard InChI is InChI=1S/C13H17N5O3S/c1-8-11-5-10(6-14-12(11)18(2)17-8)16-13(19)15-9-3-4-22(20,21)7-9/h5-6,9H,3-4,7H2,1-2H3,(H2,15,16,19)/t9-/m1/s1. The van der Waals surface area contributed by atoms with E-state index >= 15 is 0 Å². The molecule has 3 heterocycles. The van der Waals surface area contributed by atoms with Crippen LogP contribution in [-0.2, 0) is 16.9 Å². The van der Waals surface area contributed by atoms with Gasteiger partial charge >= 0.3 is 6.03 Å². The zero-order valence-corrected chi connectivity index (χ0v) is 13.1. The lowest BCUT2D eigenvalue weighted by molar-refractivity contribution is 0.249. The fourth-order valence-corrected chi connectivity index (χ4v) is 4.31. The molecule has 8 nitrogen and oxygen atoms in total. The van der Waals surface area contributed by atoms with Gasteiger partial charge in [-0.2, -0.15) is 5.10 Å². The molecule has 0 spiro atoms. The zero-order chi connectivity index (χ0) is 15.9. The van der Waals surface area contributed by atoms with Crippen molar-refractivity contribution in [3.63, 3.8) is 0 Å². The van der Waals surface area contributed by atoms with Gasteiger partial charge in [-0.1, -0.05) is 0 Å². The van der Waals surface area contributed by atoms with Gasteiger partial charge in [0.15, 0.2) is 15.5 Å². The highest BCUT2D eigenvalue weighted by Gasteiger charge is 2.28. The lowest BCUT2D eigenvalue weighted by Crippen LogP contribution is -2.38. The molecule has 0 unspecified atom stereocenters. The topological polar surface area (TPSA) is 106 Å². The summed E-state index contributed by atoms with van der Waals surface area (Å²) in [4.78, 5) is 16.2. The molecule has 2 N–H and O–H groups in total. The molecule has 0 aliphatic carbocycles. The summed E-state index contributed by atoms with van der Waals surface area (Å²) in [5.74, 6) is 0.125. The average molecular weight is 323 g/mol. The van der Waals surface area contributed by atoms with E-state index in [9.17, 15) is 13.2 Å². The summed E-state index contributed by atoms with van der Waals surface area (Å²) in [5, 5.41) is 10.5. The van der Waals surface area contributed by atoms with E-state index in [0.29, 0.717) is 12.1 Å². The van der Waals surface area contributed by atoms with Gasteiger partial charge in [-0.3, -0.25) is 4.68 Å². The minimum absolute atomic E-state index is 0.000577. The Morgan fingerprint density at radius 1 is 1.45 bits per heavy atom. The highest BCUT2D eigenvalue weighted by Crippen LogP contribution is 2.19. The van der Waals surface area contributed by atoms with Gasteiger partial charge in [0, 0.05) is 18.5 Å². The van der Waals surface area contributed by atoms with Gasteiger partial charge in [-0.05, 0) is 19.4 Å². The normalized spacial score (nSPS) is 20.2. The number of carbonyl (C=O) groups excluding carboxylic acids is 1. The highest BCUT2D eigenvalue weighted by atomic mass is 32.2. The maximum atomic E-state index is 11.9. The van der Waals surface area contributed by atoms with Gasteiger partial charge in [0.2, 0.25) is 0 Å². The van der Waals surface area contributed by atoms with Crippen LogP contribution in [0.2, 0.25) is 0 Å². The summed E-state index contributed by atoms with van der Waals surface area (Å²) in [6.07, 6.45) is 2.00. The van der Waals surface area contributed by atoms with Crippen LogP contribution in [0.4, 0.5) is 10.5 Å². The van der Waals surface area contributed by atoms with Crippen molar-refractivity contribution in [2.24, 2.45) is 7.05 Å². The molecule has 0 bridgehead atoms. The smallest absolute Gasteiger partial charge is 0.319 e. The molecule has 0 radical (unpaired) electrons. The number of aryl methyl sites for hydroxylation is 2. The molecule has 0 aromatic carbocycles. The third-order valence-electron chi connectivity index (χ3n) is 3.69. The van der Waals surface area contributed by atoms with E-state index in [2.05, 4.69) is 20.7 Å². The van der Waals surface area contributed by atoms with E-state index in [1.54, 1.807) is 16.9 Å². The van der Waals surface area contributed by atoms with Crippen LogP contribution in [0.5, 0.6) is 0 Å². The van der Waals surface area contributed by atoms with Gasteiger partial charge in [-0.25, -0.2) is 18.2 Å². The molecule has 1 aliphatic rings. The molecule has 118 valence electrons. The monoisotopic (exact) mass is 323 g/mol. The van der Waals surface area contributed by atoms with Crippen LogP contribution in [0.3, 0.4) is 0 Å². The Morgan fingerprint density at radius 2 is 2.23 bits per heavy atom. The second-order valence-corrected chi connectivity index (χ2v) is 7.73. The number of nitrogens with one attached hydrogen (secondary N) is 2. The molecular formula is C13H17N5O3S. The maximum Gasteiger partial charge on any atom is 0.319 e. The number of hydrogen-bond acceptors (Lipinski definition) is 5. The molecule has 1 aliphatic heterocycles. The zero-order valence-electron chi connectivity index (χ0n) is 12.3. The number of carbonyl (C=O) groups is 1. The lowest BCUT2D eigenvalue weighted by atomic mass is 10.2. The summed E-state index contributed by atoms with van der Waals surface area (Å²) in [5.41, 5.74) is 2.11. The van der Waals surface area contributed by atoms with Crippen molar-refractivity contribution in [1.82, 2.24) is 20.1 Å². The Hall–Kier alpha value is -2.16. The lowest BCUT2D eigenvalue weighted by Gasteiger charge is -2.12. The first-order valence-electron chi connectivity index (χ1n) is 6.91. The van der Waals surface area contributed by atoms with E-state index in [0.717, 1.165) is 16.7 Å². The third kappa shape index (κ3) is 2.89. The third-order valence-corrected chi connectivity index (χ3v) is 5.46. The molecule has 2 amide bonds. The summed E-state index contributed by atoms with van der Waals surface area (Å²) >= 11 is 0. The number of amides is 2. The van der Waals surface area contributed by atoms with Crippen molar-refractivity contribution in [3.05, 3.63) is 18.0 Å². The Labute approximate surface area is 127 Å². The number of nitrogens with zero attached hydrogens (tertiary/aromatic N) is 3. The van der Waals surface area contributed by atoms with Crippen molar-refractivity contribution in [1.29, 1.82) is 0 Å². The fourth-order valence-electron chi connectivity index (χ4n) is 2.64. The summed E-state index contributed by atoms with van der Waals surface area (Å²) < 4.78 is 24.4. The van der Waals surface area contributed by atoms with Crippen LogP contribution in [0.15, 0.2) is 12.3 Å². The van der Waals surface area contributed by atoms with Gasteiger partial charge in [0.25, 0.3) is 0 Å². The van der Waals surface area contributed by atoms with Gasteiger partial charge < -0.3 is 10.6 Å². The Balaban J connectivity index is 1.70. The average Bonchev–Trinajstić information content (AvgIpc) is 2.90. The minimum atomic E-state index is -3.01. The molecule has 1 fully saturated rings. The number of aromatic nitrogens is 3. The Kier molecular flexibility index (Phi) is 3.51. The maximum absolute atomic E-state index is 11.9. The molecular weight excluding hydrogens is 306 g/mol. The van der Waals surface area contributed by atoms with Crippen LogP contribution in [0.25, 0.3) is 11.0 Å². The van der Waals surface area contributed by atoms with E-state index in [-0.39, 0.29) is 17.5 Å². The van der Waals surface area contributed by atoms with Gasteiger partial charge in [0.1, 0.15) is 0 Å². The van der Waals surface area contributed by atoms with Crippen LogP contribution >= 0.6 is 0 Å². The van der Waals surface area contributed by atoms with E-state index in [1.807, 2.05) is 14.0 Å².